The van der Waals surface area contributed by atoms with Gasteiger partial charge in [0.15, 0.2) is 0 Å². The standard InChI is InChI=1S/C17H26N2O2/c20-11-12-21-17-7-9-19(10-8-17)16-5-1-14(2-6-16)13-18-15-3-4-15/h1-2,5-6,15,17-18,20H,3-4,7-13H2. The second kappa shape index (κ2) is 7.25. The molecule has 1 aliphatic heterocycles. The molecule has 3 rings (SSSR count). The molecule has 0 atom stereocenters. The maximum atomic E-state index is 8.79. The summed E-state index contributed by atoms with van der Waals surface area (Å²) in [5.74, 6) is 0. The van der Waals surface area contributed by atoms with Crippen LogP contribution in [0.25, 0.3) is 0 Å². The maximum Gasteiger partial charge on any atom is 0.0701 e. The van der Waals surface area contributed by atoms with Crippen LogP contribution < -0.4 is 10.2 Å². The molecule has 4 heteroatoms. The quantitative estimate of drug-likeness (QED) is 0.805. The highest BCUT2D eigenvalue weighted by Crippen LogP contribution is 2.23. The molecule has 21 heavy (non-hydrogen) atoms. The minimum atomic E-state index is 0.122. The zero-order valence-corrected chi connectivity index (χ0v) is 12.6. The molecule has 0 spiro atoms. The molecule has 2 fully saturated rings. The Morgan fingerprint density at radius 2 is 1.81 bits per heavy atom. The summed E-state index contributed by atoms with van der Waals surface area (Å²) in [5.41, 5.74) is 2.68. The molecule has 2 N–H and O–H groups in total. The van der Waals surface area contributed by atoms with E-state index in [-0.39, 0.29) is 6.61 Å². The molecular weight excluding hydrogens is 264 g/mol. The van der Waals surface area contributed by atoms with E-state index in [0.717, 1.165) is 38.5 Å². The van der Waals surface area contributed by atoms with Crippen LogP contribution in [0.3, 0.4) is 0 Å². The Hall–Kier alpha value is -1.10. The molecule has 0 unspecified atom stereocenters. The van der Waals surface area contributed by atoms with Crippen molar-refractivity contribution in [2.45, 2.75) is 44.4 Å². The van der Waals surface area contributed by atoms with Gasteiger partial charge in [0.25, 0.3) is 0 Å². The van der Waals surface area contributed by atoms with Crippen LogP contribution in [0.15, 0.2) is 24.3 Å². The van der Waals surface area contributed by atoms with Crippen molar-refractivity contribution < 1.29 is 9.84 Å². The number of anilines is 1. The minimum Gasteiger partial charge on any atom is -0.394 e. The van der Waals surface area contributed by atoms with Gasteiger partial charge in [-0.1, -0.05) is 12.1 Å². The van der Waals surface area contributed by atoms with Gasteiger partial charge in [0.05, 0.1) is 19.3 Å². The lowest BCUT2D eigenvalue weighted by Gasteiger charge is -2.33. The predicted molar refractivity (Wildman–Crippen MR) is 84.6 cm³/mol. The van der Waals surface area contributed by atoms with Crippen LogP contribution >= 0.6 is 0 Å². The van der Waals surface area contributed by atoms with Gasteiger partial charge in [-0.2, -0.15) is 0 Å². The summed E-state index contributed by atoms with van der Waals surface area (Å²) in [6, 6.07) is 9.71. The van der Waals surface area contributed by atoms with Crippen LogP contribution in [-0.4, -0.2) is 43.6 Å². The van der Waals surface area contributed by atoms with Gasteiger partial charge in [0.2, 0.25) is 0 Å². The fourth-order valence-electron chi connectivity index (χ4n) is 2.87. The Balaban J connectivity index is 1.46. The Morgan fingerprint density at radius 1 is 1.10 bits per heavy atom. The van der Waals surface area contributed by atoms with Gasteiger partial charge in [-0.3, -0.25) is 0 Å². The Labute approximate surface area is 127 Å². The molecule has 2 aliphatic rings. The van der Waals surface area contributed by atoms with E-state index in [2.05, 4.69) is 34.5 Å². The molecule has 1 saturated heterocycles. The molecule has 1 heterocycles. The molecule has 1 aromatic rings. The Bertz CT molecular complexity index is 423. The number of hydrogen-bond acceptors (Lipinski definition) is 4. The van der Waals surface area contributed by atoms with Crippen LogP contribution in [0.5, 0.6) is 0 Å². The third-order valence-corrected chi connectivity index (χ3v) is 4.36. The molecule has 1 aliphatic carbocycles. The summed E-state index contributed by atoms with van der Waals surface area (Å²) in [7, 11) is 0. The number of ether oxygens (including phenoxy) is 1. The number of aliphatic hydroxyl groups is 1. The summed E-state index contributed by atoms with van der Waals surface area (Å²) in [6.45, 7) is 3.65. The first-order chi connectivity index (χ1) is 10.3. The number of rotatable bonds is 7. The van der Waals surface area contributed by atoms with E-state index in [1.165, 1.54) is 24.1 Å². The van der Waals surface area contributed by atoms with E-state index >= 15 is 0 Å². The summed E-state index contributed by atoms with van der Waals surface area (Å²) in [4.78, 5) is 2.43. The van der Waals surface area contributed by atoms with Crippen molar-refractivity contribution in [3.63, 3.8) is 0 Å². The molecule has 1 aromatic carbocycles. The van der Waals surface area contributed by atoms with Crippen LogP contribution in [0.1, 0.15) is 31.2 Å². The topological polar surface area (TPSA) is 44.7 Å². The number of nitrogens with one attached hydrogen (secondary N) is 1. The average molecular weight is 290 g/mol. The van der Waals surface area contributed by atoms with Crippen molar-refractivity contribution in [3.8, 4) is 0 Å². The fourth-order valence-corrected chi connectivity index (χ4v) is 2.87. The molecule has 0 radical (unpaired) electrons. The van der Waals surface area contributed by atoms with Crippen LogP contribution in [0.2, 0.25) is 0 Å². The van der Waals surface area contributed by atoms with E-state index in [0.29, 0.717) is 12.7 Å². The lowest BCUT2D eigenvalue weighted by Crippen LogP contribution is -2.37. The first-order valence-corrected chi connectivity index (χ1v) is 8.15. The normalized spacial score (nSPS) is 20.0. The monoisotopic (exact) mass is 290 g/mol. The maximum absolute atomic E-state index is 8.79. The van der Waals surface area contributed by atoms with Crippen molar-refractivity contribution >= 4 is 5.69 Å². The number of nitrogens with zero attached hydrogens (tertiary/aromatic N) is 1. The molecule has 1 saturated carbocycles. The highest BCUT2D eigenvalue weighted by Gasteiger charge is 2.21. The smallest absolute Gasteiger partial charge is 0.0701 e. The average Bonchev–Trinajstić information content (AvgIpc) is 3.36. The van der Waals surface area contributed by atoms with Crippen molar-refractivity contribution in [2.24, 2.45) is 0 Å². The van der Waals surface area contributed by atoms with Crippen molar-refractivity contribution in [3.05, 3.63) is 29.8 Å². The molecule has 0 aromatic heterocycles. The second-order valence-electron chi connectivity index (χ2n) is 6.10. The second-order valence-corrected chi connectivity index (χ2v) is 6.10. The predicted octanol–water partition coefficient (Wildman–Crippen LogP) is 1.92. The van der Waals surface area contributed by atoms with Gasteiger partial charge in [0.1, 0.15) is 0 Å². The van der Waals surface area contributed by atoms with Gasteiger partial charge in [-0.15, -0.1) is 0 Å². The van der Waals surface area contributed by atoms with Gasteiger partial charge in [-0.05, 0) is 43.4 Å². The summed E-state index contributed by atoms with van der Waals surface area (Å²) < 4.78 is 5.61. The van der Waals surface area contributed by atoms with Crippen molar-refractivity contribution in [1.29, 1.82) is 0 Å². The third kappa shape index (κ3) is 4.43. The van der Waals surface area contributed by atoms with Crippen LogP contribution in [0.4, 0.5) is 5.69 Å². The van der Waals surface area contributed by atoms with Gasteiger partial charge >= 0.3 is 0 Å². The summed E-state index contributed by atoms with van der Waals surface area (Å²) in [5, 5.41) is 12.3. The fraction of sp³-hybridized carbons (Fsp3) is 0.647. The van der Waals surface area contributed by atoms with E-state index < -0.39 is 0 Å². The Kier molecular flexibility index (Phi) is 5.12. The zero-order chi connectivity index (χ0) is 14.5. The van der Waals surface area contributed by atoms with Gasteiger partial charge < -0.3 is 20.1 Å². The summed E-state index contributed by atoms with van der Waals surface area (Å²) >= 11 is 0. The lowest BCUT2D eigenvalue weighted by molar-refractivity contribution is 0.0159. The SMILES string of the molecule is OCCOC1CCN(c2ccc(CNC3CC3)cc2)CC1. The van der Waals surface area contributed by atoms with Crippen LogP contribution in [0, 0.1) is 0 Å². The first kappa shape index (κ1) is 14.8. The van der Waals surface area contributed by atoms with Crippen molar-refractivity contribution in [2.75, 3.05) is 31.2 Å². The highest BCUT2D eigenvalue weighted by atomic mass is 16.5. The number of aliphatic hydroxyl groups excluding tert-OH is 1. The number of piperidine rings is 1. The first-order valence-electron chi connectivity index (χ1n) is 8.15. The molecular formula is C17H26N2O2. The zero-order valence-electron chi connectivity index (χ0n) is 12.6. The molecule has 116 valence electrons. The van der Waals surface area contributed by atoms with Gasteiger partial charge in [0, 0.05) is 31.4 Å². The van der Waals surface area contributed by atoms with E-state index in [1.807, 2.05) is 0 Å². The Morgan fingerprint density at radius 3 is 2.43 bits per heavy atom. The van der Waals surface area contributed by atoms with E-state index in [1.54, 1.807) is 0 Å². The van der Waals surface area contributed by atoms with Gasteiger partial charge in [-0.25, -0.2) is 0 Å². The third-order valence-electron chi connectivity index (χ3n) is 4.36. The number of benzene rings is 1. The molecule has 0 bridgehead atoms. The van der Waals surface area contributed by atoms with E-state index in [9.17, 15) is 0 Å². The number of hydrogen-bond donors (Lipinski definition) is 2. The van der Waals surface area contributed by atoms with E-state index in [4.69, 9.17) is 9.84 Å². The van der Waals surface area contributed by atoms with Crippen LogP contribution in [-0.2, 0) is 11.3 Å². The summed E-state index contributed by atoms with van der Waals surface area (Å²) in [6.07, 6.45) is 5.09. The molecule has 4 nitrogen and oxygen atoms in total. The molecule has 0 amide bonds. The lowest BCUT2D eigenvalue weighted by atomic mass is 10.1. The largest absolute Gasteiger partial charge is 0.394 e. The minimum absolute atomic E-state index is 0.122. The van der Waals surface area contributed by atoms with Crippen molar-refractivity contribution in [1.82, 2.24) is 5.32 Å². The highest BCUT2D eigenvalue weighted by molar-refractivity contribution is 5.48.